The number of nitrogens with one attached hydrogen (secondary N) is 2. The van der Waals surface area contributed by atoms with E-state index in [1.807, 2.05) is 6.92 Å². The third kappa shape index (κ3) is 23.8. The lowest BCUT2D eigenvalue weighted by Gasteiger charge is -2.36. The number of nitrogen functional groups attached to an aromatic ring is 1. The van der Waals surface area contributed by atoms with Gasteiger partial charge in [0.2, 0.25) is 11.8 Å². The number of hydrogen-bond donors (Lipinski definition) is 7. The number of aromatic nitrogens is 4. The van der Waals surface area contributed by atoms with E-state index in [1.165, 1.54) is 58.8 Å². The highest BCUT2D eigenvalue weighted by molar-refractivity contribution is 8.13. The smallest absolute Gasteiger partial charge is 0.274 e. The Morgan fingerprint density at radius 2 is 1.47 bits per heavy atom. The number of thioether (sulfide) groups is 1. The quantitative estimate of drug-likeness (QED) is 0.0370. The van der Waals surface area contributed by atoms with Gasteiger partial charge in [-0.15, -0.1) is 0 Å². The van der Waals surface area contributed by atoms with Gasteiger partial charge in [-0.2, -0.15) is 0 Å². The van der Waals surface area contributed by atoms with Gasteiger partial charge in [-0.25, -0.2) is 19.3 Å². The van der Waals surface area contributed by atoms with Crippen LogP contribution in [0.1, 0.15) is 143 Å². The van der Waals surface area contributed by atoms with E-state index in [9.17, 15) is 68.1 Å². The van der Waals surface area contributed by atoms with Crippen LogP contribution in [0.4, 0.5) is 5.82 Å². The number of carbonyl (C=O) groups excluding carboxylic acids is 3. The number of unbranched alkanes of at least 4 members (excludes halogenated alkanes) is 12. The lowest BCUT2D eigenvalue weighted by Crippen LogP contribution is -2.48. The van der Waals surface area contributed by atoms with E-state index in [0.29, 0.717) is 12.2 Å². The molecule has 2 saturated heterocycles. The lowest BCUT2D eigenvalue weighted by molar-refractivity contribution is -0.347. The SMILES string of the molecule is C[C@H](CCCCCCCCCCCCCCCC(=O)SCCNC(=O)CCNC(=O)[C@H](O)C(C)(C)COP(=O)([O-])OP(=O)([O-])OC[C@H]1O[C@@H](n2cnc3c(N)ncnc32)[C@H](O)[C@@H]1OP(=O)([O-])[O-])O[C@@H]1O[C@@H](C)[C@H](O)C[C@H]1O. The van der Waals surface area contributed by atoms with Gasteiger partial charge in [0.25, 0.3) is 15.6 Å². The molecule has 0 aromatic carbocycles. The number of rotatable bonds is 37. The fourth-order valence-electron chi connectivity index (χ4n) is 8.35. The number of nitrogens with zero attached hydrogens (tertiary/aromatic N) is 4. The van der Waals surface area contributed by atoms with Crippen molar-refractivity contribution in [3.63, 3.8) is 0 Å². The molecule has 2 aliphatic rings. The fraction of sp³-hybridized carbons (Fsp3) is 0.822. The van der Waals surface area contributed by atoms with Gasteiger partial charge in [-0.3, -0.25) is 28.1 Å². The van der Waals surface area contributed by atoms with Crippen LogP contribution in [0.15, 0.2) is 12.7 Å². The number of hydrogen-bond acceptors (Lipinski definition) is 26. The number of phosphoric ester groups is 3. The largest absolute Gasteiger partial charge is 0.790 e. The van der Waals surface area contributed by atoms with E-state index in [2.05, 4.69) is 43.5 Å². The molecular weight excluding hydrogens is 1100 g/mol. The molecule has 2 fully saturated rings. The summed E-state index contributed by atoms with van der Waals surface area (Å²) in [4.78, 5) is 97.2. The first-order valence-corrected chi connectivity index (χ1v) is 31.2. The molecule has 442 valence electrons. The predicted octanol–water partition coefficient (Wildman–Crippen LogP) is 1.25. The van der Waals surface area contributed by atoms with E-state index in [-0.39, 0.29) is 60.2 Å². The Hall–Kier alpha value is -2.60. The van der Waals surface area contributed by atoms with E-state index >= 15 is 0 Å². The van der Waals surface area contributed by atoms with E-state index < -0.39 is 103 Å². The predicted molar refractivity (Wildman–Crippen MR) is 269 cm³/mol. The summed E-state index contributed by atoms with van der Waals surface area (Å²) in [5, 5.41) is 46.4. The standard InChI is InChI=1S/C45H80N7O21P3S/c1-29(69-44-32(54)24-31(53)30(2)70-44)18-16-14-12-10-8-6-5-7-9-11-13-15-17-19-35(56)77-23-22-47-34(55)20-21-48-42(59)39(58)45(3,4)26-68-76(65,66)73-75(63,64)67-25-33-38(72-74(60,61)62)37(57)43(71-33)52-28-51-36-40(46)49-27-50-41(36)52/h27-33,37-39,43-44,53-54,57-58H,5-26H2,1-4H3,(H,47,55)(H,48,59)(H,63,64)(H,65,66)(H2,46,49,50)(H2,60,61,62)/p-4/t29-,30+,31-,32-,33-,37-,38-,39+,43-,44-/m1/s1. The number of anilines is 1. The third-order valence-electron chi connectivity index (χ3n) is 12.8. The second-order valence-electron chi connectivity index (χ2n) is 19.9. The summed E-state index contributed by atoms with van der Waals surface area (Å²) < 4.78 is 72.4. The minimum absolute atomic E-state index is 0.0173. The molecule has 0 radical (unpaired) electrons. The Balaban J connectivity index is 0.990. The highest BCUT2D eigenvalue weighted by Gasteiger charge is 2.47. The molecule has 4 rings (SSSR count). The first-order valence-electron chi connectivity index (χ1n) is 25.8. The summed E-state index contributed by atoms with van der Waals surface area (Å²) in [6.07, 6.45) is 6.08. The van der Waals surface area contributed by atoms with Gasteiger partial charge >= 0.3 is 0 Å². The summed E-state index contributed by atoms with van der Waals surface area (Å²) in [7, 11) is -17.6. The topological polar surface area (TPSA) is 434 Å². The van der Waals surface area contributed by atoms with Crippen molar-refractivity contribution in [3.05, 3.63) is 12.7 Å². The van der Waals surface area contributed by atoms with Crippen LogP contribution in [0.2, 0.25) is 0 Å². The molecule has 28 nitrogen and oxygen atoms in total. The van der Waals surface area contributed by atoms with Gasteiger partial charge in [-0.05, 0) is 26.7 Å². The van der Waals surface area contributed by atoms with Gasteiger partial charge in [-0.1, -0.05) is 103 Å². The summed E-state index contributed by atoms with van der Waals surface area (Å²) in [5.41, 5.74) is 4.08. The van der Waals surface area contributed by atoms with E-state index in [4.69, 9.17) is 19.9 Å². The number of phosphoric acid groups is 3. The van der Waals surface area contributed by atoms with Gasteiger partial charge in [0.1, 0.15) is 42.4 Å². The maximum Gasteiger partial charge on any atom is 0.274 e. The second kappa shape index (κ2) is 32.1. The maximum atomic E-state index is 12.7. The number of fused-ring (bicyclic) bond motifs is 1. The molecule has 4 heterocycles. The molecule has 8 N–H and O–H groups in total. The zero-order chi connectivity index (χ0) is 57.0. The third-order valence-corrected chi connectivity index (χ3v) is 16.7. The minimum Gasteiger partial charge on any atom is -0.790 e. The molecule has 77 heavy (non-hydrogen) atoms. The first kappa shape index (κ1) is 66.9. The molecule has 0 bridgehead atoms. The van der Waals surface area contributed by atoms with Crippen molar-refractivity contribution in [2.45, 2.75) is 198 Å². The van der Waals surface area contributed by atoms with Crippen molar-refractivity contribution in [2.75, 3.05) is 37.8 Å². The maximum absolute atomic E-state index is 12.7. The summed E-state index contributed by atoms with van der Waals surface area (Å²) in [6, 6.07) is 0. The number of amides is 2. The molecule has 2 unspecified atom stereocenters. The Labute approximate surface area is 452 Å². The van der Waals surface area contributed by atoms with Gasteiger partial charge in [0.05, 0.1) is 45.7 Å². The monoisotopic (exact) mass is 1180 g/mol. The molecule has 2 aromatic heterocycles. The van der Waals surface area contributed by atoms with Crippen molar-refractivity contribution < 1.29 is 100 Å². The summed E-state index contributed by atoms with van der Waals surface area (Å²) >= 11 is 1.13. The number of aliphatic hydroxyl groups excluding tert-OH is 4. The Morgan fingerprint density at radius 1 is 0.857 bits per heavy atom. The zero-order valence-corrected chi connectivity index (χ0v) is 47.3. The molecule has 2 aromatic rings. The fourth-order valence-corrected chi connectivity index (χ4v) is 11.8. The van der Waals surface area contributed by atoms with Crippen molar-refractivity contribution in [1.82, 2.24) is 30.2 Å². The van der Waals surface area contributed by atoms with Crippen molar-refractivity contribution >= 4 is 69.1 Å². The molecule has 12 atom stereocenters. The summed E-state index contributed by atoms with van der Waals surface area (Å²) in [5.74, 6) is -1.18. The molecule has 0 spiro atoms. The van der Waals surface area contributed by atoms with Crippen LogP contribution in [0.5, 0.6) is 0 Å². The van der Waals surface area contributed by atoms with Crippen LogP contribution >= 0.6 is 35.2 Å². The second-order valence-corrected chi connectivity index (χ2v) is 25.1. The first-order chi connectivity index (χ1) is 36.2. The Kier molecular flexibility index (Phi) is 27.9. The van der Waals surface area contributed by atoms with Gasteiger partial charge in [0, 0.05) is 43.5 Å². The highest BCUT2D eigenvalue weighted by atomic mass is 32.2. The van der Waals surface area contributed by atoms with Crippen LogP contribution < -0.4 is 35.9 Å². The number of nitrogens with two attached hydrogens (primary N) is 1. The average molecular weight is 1180 g/mol. The van der Waals surface area contributed by atoms with Crippen LogP contribution in [-0.4, -0.2) is 144 Å². The lowest BCUT2D eigenvalue weighted by atomic mass is 9.87. The Bertz CT molecular complexity index is 2300. The van der Waals surface area contributed by atoms with Gasteiger partial charge in [0.15, 0.2) is 29.1 Å². The number of carbonyl (C=O) groups is 3. The zero-order valence-electron chi connectivity index (χ0n) is 43.8. The molecule has 2 amide bonds. The molecule has 2 aliphatic heterocycles. The number of aliphatic hydroxyl groups is 4. The highest BCUT2D eigenvalue weighted by Crippen LogP contribution is 2.56. The van der Waals surface area contributed by atoms with Crippen molar-refractivity contribution in [2.24, 2.45) is 5.41 Å². The van der Waals surface area contributed by atoms with E-state index in [0.717, 1.165) is 73.9 Å². The number of ether oxygens (including phenoxy) is 3. The van der Waals surface area contributed by atoms with Crippen LogP contribution in [-0.2, 0) is 60.2 Å². The molecule has 32 heteroatoms. The van der Waals surface area contributed by atoms with Crippen LogP contribution in [0.25, 0.3) is 11.2 Å². The normalized spacial score (nSPS) is 24.5. The Morgan fingerprint density at radius 3 is 2.10 bits per heavy atom. The van der Waals surface area contributed by atoms with E-state index in [1.54, 1.807) is 6.92 Å². The van der Waals surface area contributed by atoms with Gasteiger partial charge < -0.3 is 88.7 Å². The minimum atomic E-state index is -5.93. The average Bonchev–Trinajstić information content (AvgIpc) is 3.91. The van der Waals surface area contributed by atoms with Crippen LogP contribution in [0, 0.1) is 5.41 Å². The summed E-state index contributed by atoms with van der Waals surface area (Å²) in [6.45, 7) is 3.88. The van der Waals surface area contributed by atoms with Crippen molar-refractivity contribution in [3.8, 4) is 0 Å². The van der Waals surface area contributed by atoms with Crippen LogP contribution in [0.3, 0.4) is 0 Å². The van der Waals surface area contributed by atoms with Crippen molar-refractivity contribution in [1.29, 1.82) is 0 Å². The molecular formula is C45H76N7O21P3S-4. The molecule has 0 aliphatic carbocycles. The molecule has 0 saturated carbocycles. The number of imidazole rings is 1.